The molecular weight excluding hydrogens is 452 g/mol. The highest BCUT2D eigenvalue weighted by atomic mass is 35.5. The standard InChI is InChI=1S/C22H25ClN4O4S/c1-27(32(29,30)18-7-5-17(31-2)6-8-18)15-22(28)26-12-3-11-24-20-10-13-25-21-14-16(23)4-9-19(20)21/h4-10,13-14H,3,11-12,15H2,1-2H3,(H,24,25)(H,26,28). The van der Waals surface area contributed by atoms with Crippen LogP contribution in [-0.4, -0.2) is 57.4 Å². The summed E-state index contributed by atoms with van der Waals surface area (Å²) >= 11 is 6.01. The lowest BCUT2D eigenvalue weighted by atomic mass is 10.2. The fourth-order valence-corrected chi connectivity index (χ4v) is 4.38. The van der Waals surface area contributed by atoms with E-state index >= 15 is 0 Å². The van der Waals surface area contributed by atoms with Gasteiger partial charge in [-0.05, 0) is 55.0 Å². The first kappa shape index (κ1) is 23.8. The number of nitrogens with one attached hydrogen (secondary N) is 2. The number of rotatable bonds is 10. The first-order valence-corrected chi connectivity index (χ1v) is 11.8. The number of amides is 1. The number of hydrogen-bond donors (Lipinski definition) is 2. The first-order valence-electron chi connectivity index (χ1n) is 9.96. The Morgan fingerprint density at radius 3 is 2.59 bits per heavy atom. The Hall–Kier alpha value is -2.88. The molecule has 1 amide bonds. The van der Waals surface area contributed by atoms with Crippen molar-refractivity contribution in [2.24, 2.45) is 0 Å². The number of fused-ring (bicyclic) bond motifs is 1. The molecule has 0 fully saturated rings. The third-order valence-corrected chi connectivity index (χ3v) is 6.88. The third kappa shape index (κ3) is 5.87. The summed E-state index contributed by atoms with van der Waals surface area (Å²) < 4.78 is 31.3. The molecule has 0 radical (unpaired) electrons. The number of ether oxygens (including phenoxy) is 1. The van der Waals surface area contributed by atoms with Crippen LogP contribution in [0.3, 0.4) is 0 Å². The quantitative estimate of drug-likeness (QED) is 0.436. The lowest BCUT2D eigenvalue weighted by molar-refractivity contribution is -0.121. The van der Waals surface area contributed by atoms with E-state index < -0.39 is 10.0 Å². The zero-order valence-corrected chi connectivity index (χ0v) is 19.4. The van der Waals surface area contributed by atoms with E-state index in [-0.39, 0.29) is 17.3 Å². The van der Waals surface area contributed by atoms with Crippen LogP contribution >= 0.6 is 11.6 Å². The summed E-state index contributed by atoms with van der Waals surface area (Å²) in [6.45, 7) is 0.774. The van der Waals surface area contributed by atoms with Crippen LogP contribution in [-0.2, 0) is 14.8 Å². The number of carbonyl (C=O) groups excluding carboxylic acids is 1. The molecule has 0 unspecified atom stereocenters. The van der Waals surface area contributed by atoms with E-state index in [0.717, 1.165) is 20.9 Å². The lowest BCUT2D eigenvalue weighted by Gasteiger charge is -2.17. The molecule has 0 aliphatic heterocycles. The van der Waals surface area contributed by atoms with Gasteiger partial charge in [0.2, 0.25) is 15.9 Å². The van der Waals surface area contributed by atoms with Gasteiger partial charge in [-0.25, -0.2) is 8.42 Å². The zero-order chi connectivity index (χ0) is 23.1. The number of halogens is 1. The molecule has 170 valence electrons. The maximum Gasteiger partial charge on any atom is 0.243 e. The molecule has 0 spiro atoms. The summed E-state index contributed by atoms with van der Waals surface area (Å²) in [6.07, 6.45) is 2.37. The summed E-state index contributed by atoms with van der Waals surface area (Å²) in [6, 6.07) is 13.4. The van der Waals surface area contributed by atoms with Gasteiger partial charge in [0, 0.05) is 42.4 Å². The van der Waals surface area contributed by atoms with Crippen LogP contribution in [0, 0.1) is 0 Å². The molecule has 8 nitrogen and oxygen atoms in total. The normalized spacial score (nSPS) is 11.5. The highest BCUT2D eigenvalue weighted by Gasteiger charge is 2.22. The topological polar surface area (TPSA) is 101 Å². The number of methoxy groups -OCH3 is 1. The van der Waals surface area contributed by atoms with Gasteiger partial charge in [-0.3, -0.25) is 9.78 Å². The van der Waals surface area contributed by atoms with E-state index in [9.17, 15) is 13.2 Å². The van der Waals surface area contributed by atoms with Crippen LogP contribution in [0.4, 0.5) is 5.69 Å². The largest absolute Gasteiger partial charge is 0.497 e. The molecule has 3 aromatic rings. The molecule has 1 heterocycles. The van der Waals surface area contributed by atoms with Crippen LogP contribution in [0.1, 0.15) is 6.42 Å². The van der Waals surface area contributed by atoms with Crippen molar-refractivity contribution in [3.05, 3.63) is 59.8 Å². The molecule has 0 aliphatic carbocycles. The Labute approximate surface area is 192 Å². The van der Waals surface area contributed by atoms with Gasteiger partial charge in [-0.1, -0.05) is 11.6 Å². The number of likely N-dealkylation sites (N-methyl/N-ethyl adjacent to an activating group) is 1. The molecular formula is C22H25ClN4O4S. The second kappa shape index (κ2) is 10.6. The average Bonchev–Trinajstić information content (AvgIpc) is 2.78. The Balaban J connectivity index is 1.45. The Bertz CT molecular complexity index is 1190. The van der Waals surface area contributed by atoms with Crippen molar-refractivity contribution in [1.29, 1.82) is 0 Å². The van der Waals surface area contributed by atoms with Crippen LogP contribution in [0.5, 0.6) is 5.75 Å². The number of pyridine rings is 1. The van der Waals surface area contributed by atoms with Crippen molar-refractivity contribution in [2.45, 2.75) is 11.3 Å². The summed E-state index contributed by atoms with van der Waals surface area (Å²) in [4.78, 5) is 16.6. The SMILES string of the molecule is COc1ccc(S(=O)(=O)N(C)CC(=O)NCCCNc2ccnc3cc(Cl)ccc23)cc1. The van der Waals surface area contributed by atoms with Crippen LogP contribution in [0.15, 0.2) is 59.6 Å². The Kier molecular flexibility index (Phi) is 7.89. The van der Waals surface area contributed by atoms with E-state index in [1.54, 1.807) is 24.4 Å². The number of carbonyl (C=O) groups is 1. The summed E-state index contributed by atoms with van der Waals surface area (Å²) in [5.74, 6) is 0.190. The fraction of sp³-hybridized carbons (Fsp3) is 0.273. The molecule has 1 aromatic heterocycles. The van der Waals surface area contributed by atoms with Gasteiger partial charge in [0.05, 0.1) is 24.1 Å². The monoisotopic (exact) mass is 476 g/mol. The van der Waals surface area contributed by atoms with Gasteiger partial charge < -0.3 is 15.4 Å². The van der Waals surface area contributed by atoms with Gasteiger partial charge in [-0.2, -0.15) is 4.31 Å². The predicted octanol–water partition coefficient (Wildman–Crippen LogP) is 3.14. The van der Waals surface area contributed by atoms with Crippen LogP contribution < -0.4 is 15.4 Å². The van der Waals surface area contributed by atoms with E-state index in [4.69, 9.17) is 16.3 Å². The summed E-state index contributed by atoms with van der Waals surface area (Å²) in [7, 11) is -0.884. The van der Waals surface area contributed by atoms with Crippen molar-refractivity contribution >= 4 is 44.1 Å². The smallest absolute Gasteiger partial charge is 0.243 e. The van der Waals surface area contributed by atoms with Crippen molar-refractivity contribution < 1.29 is 17.9 Å². The van der Waals surface area contributed by atoms with E-state index in [2.05, 4.69) is 15.6 Å². The molecule has 0 bridgehead atoms. The van der Waals surface area contributed by atoms with Gasteiger partial charge in [-0.15, -0.1) is 0 Å². The van der Waals surface area contributed by atoms with Crippen molar-refractivity contribution in [3.63, 3.8) is 0 Å². The number of nitrogens with zero attached hydrogens (tertiary/aromatic N) is 2. The minimum Gasteiger partial charge on any atom is -0.497 e. The average molecular weight is 477 g/mol. The van der Waals surface area contributed by atoms with Gasteiger partial charge >= 0.3 is 0 Å². The summed E-state index contributed by atoms with van der Waals surface area (Å²) in [5.41, 5.74) is 1.74. The fourth-order valence-electron chi connectivity index (χ4n) is 3.09. The van der Waals surface area contributed by atoms with Crippen molar-refractivity contribution in [2.75, 3.05) is 39.1 Å². The number of aromatic nitrogens is 1. The van der Waals surface area contributed by atoms with Crippen molar-refractivity contribution in [1.82, 2.24) is 14.6 Å². The van der Waals surface area contributed by atoms with Crippen LogP contribution in [0.25, 0.3) is 10.9 Å². The predicted molar refractivity (Wildman–Crippen MR) is 126 cm³/mol. The maximum atomic E-state index is 12.6. The number of anilines is 1. The van der Waals surface area contributed by atoms with Gasteiger partial charge in [0.1, 0.15) is 5.75 Å². The Morgan fingerprint density at radius 1 is 1.12 bits per heavy atom. The molecule has 0 saturated heterocycles. The molecule has 10 heteroatoms. The number of hydrogen-bond acceptors (Lipinski definition) is 6. The molecule has 3 rings (SSSR count). The second-order valence-electron chi connectivity index (χ2n) is 7.09. The van der Waals surface area contributed by atoms with Crippen LogP contribution in [0.2, 0.25) is 5.02 Å². The summed E-state index contributed by atoms with van der Waals surface area (Å²) in [5, 5.41) is 7.67. The highest BCUT2D eigenvalue weighted by Crippen LogP contribution is 2.24. The minimum absolute atomic E-state index is 0.101. The minimum atomic E-state index is -3.76. The second-order valence-corrected chi connectivity index (χ2v) is 9.57. The Morgan fingerprint density at radius 2 is 1.88 bits per heavy atom. The van der Waals surface area contributed by atoms with Gasteiger partial charge in [0.15, 0.2) is 0 Å². The van der Waals surface area contributed by atoms with Gasteiger partial charge in [0.25, 0.3) is 0 Å². The van der Waals surface area contributed by atoms with Crippen molar-refractivity contribution in [3.8, 4) is 5.75 Å². The highest BCUT2D eigenvalue weighted by molar-refractivity contribution is 7.89. The molecule has 2 aromatic carbocycles. The number of sulfonamides is 1. The van der Waals surface area contributed by atoms with E-state index in [1.165, 1.54) is 26.3 Å². The lowest BCUT2D eigenvalue weighted by Crippen LogP contribution is -2.38. The number of benzene rings is 2. The zero-order valence-electron chi connectivity index (χ0n) is 17.8. The molecule has 0 aliphatic rings. The maximum absolute atomic E-state index is 12.6. The molecule has 0 saturated carbocycles. The van der Waals surface area contributed by atoms with E-state index in [0.29, 0.717) is 30.3 Å². The van der Waals surface area contributed by atoms with E-state index in [1.807, 2.05) is 18.2 Å². The molecule has 32 heavy (non-hydrogen) atoms. The third-order valence-electron chi connectivity index (χ3n) is 4.83. The molecule has 2 N–H and O–H groups in total. The molecule has 0 atom stereocenters. The first-order chi connectivity index (χ1) is 15.3.